The number of anilines is 1. The fourth-order valence-electron chi connectivity index (χ4n) is 2.81. The number of piperidine rings is 1. The van der Waals surface area contributed by atoms with E-state index in [4.69, 9.17) is 0 Å². The number of nitrogens with one attached hydrogen (secondary N) is 1. The molecule has 0 aromatic heterocycles. The highest BCUT2D eigenvalue weighted by molar-refractivity contribution is 5.47. The third-order valence-electron chi connectivity index (χ3n) is 3.96. The molecule has 0 amide bonds. The van der Waals surface area contributed by atoms with Gasteiger partial charge in [0, 0.05) is 24.8 Å². The Balaban J connectivity index is 1.94. The molecule has 2 rings (SSSR count). The van der Waals surface area contributed by atoms with E-state index >= 15 is 0 Å². The fraction of sp³-hybridized carbons (Fsp3) is 0.625. The molecule has 100 valence electrons. The van der Waals surface area contributed by atoms with Gasteiger partial charge in [0.05, 0.1) is 0 Å². The SMILES string of the molecule is CCN(CC)c1ccc(CC2CCCCN2)cc1. The largest absolute Gasteiger partial charge is 0.372 e. The highest BCUT2D eigenvalue weighted by Crippen LogP contribution is 2.17. The van der Waals surface area contributed by atoms with E-state index in [-0.39, 0.29) is 0 Å². The predicted molar refractivity (Wildman–Crippen MR) is 79.3 cm³/mol. The van der Waals surface area contributed by atoms with Gasteiger partial charge in [0.25, 0.3) is 0 Å². The lowest BCUT2D eigenvalue weighted by molar-refractivity contribution is 0.399. The first-order chi connectivity index (χ1) is 8.83. The molecule has 1 fully saturated rings. The molecule has 1 atom stereocenters. The number of hydrogen-bond acceptors (Lipinski definition) is 2. The average molecular weight is 246 g/mol. The summed E-state index contributed by atoms with van der Waals surface area (Å²) in [5.41, 5.74) is 2.81. The number of hydrogen-bond donors (Lipinski definition) is 1. The van der Waals surface area contributed by atoms with E-state index in [0.29, 0.717) is 6.04 Å². The molecule has 0 spiro atoms. The minimum atomic E-state index is 0.693. The van der Waals surface area contributed by atoms with E-state index in [1.807, 2.05) is 0 Å². The molecule has 18 heavy (non-hydrogen) atoms. The Morgan fingerprint density at radius 1 is 1.11 bits per heavy atom. The Labute approximate surface area is 111 Å². The maximum Gasteiger partial charge on any atom is 0.0366 e. The van der Waals surface area contributed by atoms with Gasteiger partial charge in [-0.1, -0.05) is 18.6 Å². The highest BCUT2D eigenvalue weighted by Gasteiger charge is 2.12. The van der Waals surface area contributed by atoms with Crippen LogP contribution in [0.4, 0.5) is 5.69 Å². The summed E-state index contributed by atoms with van der Waals surface area (Å²) in [7, 11) is 0. The minimum Gasteiger partial charge on any atom is -0.372 e. The van der Waals surface area contributed by atoms with Gasteiger partial charge in [-0.05, 0) is 57.4 Å². The Hall–Kier alpha value is -1.02. The van der Waals surface area contributed by atoms with Crippen LogP contribution >= 0.6 is 0 Å². The smallest absolute Gasteiger partial charge is 0.0366 e. The quantitative estimate of drug-likeness (QED) is 0.858. The molecule has 2 heteroatoms. The Bertz CT molecular complexity index is 335. The number of benzene rings is 1. The van der Waals surface area contributed by atoms with Crippen LogP contribution in [0.25, 0.3) is 0 Å². The fourth-order valence-corrected chi connectivity index (χ4v) is 2.81. The second-order valence-electron chi connectivity index (χ2n) is 5.19. The number of nitrogens with zero attached hydrogens (tertiary/aromatic N) is 1. The van der Waals surface area contributed by atoms with E-state index in [1.54, 1.807) is 0 Å². The highest BCUT2D eigenvalue weighted by atomic mass is 15.1. The van der Waals surface area contributed by atoms with Crippen molar-refractivity contribution in [3.05, 3.63) is 29.8 Å². The van der Waals surface area contributed by atoms with Crippen molar-refractivity contribution in [3.8, 4) is 0 Å². The summed E-state index contributed by atoms with van der Waals surface area (Å²) in [6.07, 6.45) is 5.24. The molecular formula is C16H26N2. The van der Waals surface area contributed by atoms with Gasteiger partial charge in [-0.3, -0.25) is 0 Å². The van der Waals surface area contributed by atoms with Crippen LogP contribution in [-0.2, 0) is 6.42 Å². The number of rotatable bonds is 5. The molecule has 1 N–H and O–H groups in total. The first-order valence-corrected chi connectivity index (χ1v) is 7.40. The lowest BCUT2D eigenvalue weighted by Crippen LogP contribution is -2.35. The van der Waals surface area contributed by atoms with Crippen LogP contribution in [0.5, 0.6) is 0 Å². The summed E-state index contributed by atoms with van der Waals surface area (Å²) < 4.78 is 0. The Kier molecular flexibility index (Phi) is 5.06. The van der Waals surface area contributed by atoms with Gasteiger partial charge in [0.15, 0.2) is 0 Å². The summed E-state index contributed by atoms with van der Waals surface area (Å²) in [4.78, 5) is 2.39. The van der Waals surface area contributed by atoms with Gasteiger partial charge in [0.1, 0.15) is 0 Å². The zero-order chi connectivity index (χ0) is 12.8. The molecule has 1 aromatic carbocycles. The Morgan fingerprint density at radius 2 is 1.83 bits per heavy atom. The maximum atomic E-state index is 3.62. The van der Waals surface area contributed by atoms with Crippen molar-refractivity contribution in [2.45, 2.75) is 45.6 Å². The van der Waals surface area contributed by atoms with E-state index in [2.05, 4.69) is 48.3 Å². The van der Waals surface area contributed by atoms with Crippen molar-refractivity contribution in [1.82, 2.24) is 5.32 Å². The zero-order valence-corrected chi connectivity index (χ0v) is 11.8. The van der Waals surface area contributed by atoms with E-state index in [9.17, 15) is 0 Å². The standard InChI is InChI=1S/C16H26N2/c1-3-18(4-2)16-10-8-14(9-11-16)13-15-7-5-6-12-17-15/h8-11,15,17H,3-7,12-13H2,1-2H3. The lowest BCUT2D eigenvalue weighted by atomic mass is 9.98. The predicted octanol–water partition coefficient (Wildman–Crippen LogP) is 3.22. The van der Waals surface area contributed by atoms with Crippen LogP contribution in [0.15, 0.2) is 24.3 Å². The van der Waals surface area contributed by atoms with Crippen LogP contribution in [0.3, 0.4) is 0 Å². The van der Waals surface area contributed by atoms with Crippen LogP contribution in [0.1, 0.15) is 38.7 Å². The lowest BCUT2D eigenvalue weighted by Gasteiger charge is -2.24. The molecule has 1 aliphatic rings. The normalized spacial score (nSPS) is 19.8. The van der Waals surface area contributed by atoms with E-state index < -0.39 is 0 Å². The second-order valence-corrected chi connectivity index (χ2v) is 5.19. The summed E-state index contributed by atoms with van der Waals surface area (Å²) in [5.74, 6) is 0. The topological polar surface area (TPSA) is 15.3 Å². The second kappa shape index (κ2) is 6.79. The van der Waals surface area contributed by atoms with Gasteiger partial charge in [-0.15, -0.1) is 0 Å². The molecule has 1 unspecified atom stereocenters. The summed E-state index contributed by atoms with van der Waals surface area (Å²) >= 11 is 0. The van der Waals surface area contributed by atoms with Gasteiger partial charge in [-0.2, -0.15) is 0 Å². The molecule has 0 saturated carbocycles. The molecule has 0 aliphatic carbocycles. The zero-order valence-electron chi connectivity index (χ0n) is 11.8. The van der Waals surface area contributed by atoms with Gasteiger partial charge >= 0.3 is 0 Å². The monoisotopic (exact) mass is 246 g/mol. The first-order valence-electron chi connectivity index (χ1n) is 7.40. The van der Waals surface area contributed by atoms with Crippen molar-refractivity contribution in [3.63, 3.8) is 0 Å². The molecule has 0 bridgehead atoms. The van der Waals surface area contributed by atoms with Crippen molar-refractivity contribution in [2.75, 3.05) is 24.5 Å². The van der Waals surface area contributed by atoms with Gasteiger partial charge in [-0.25, -0.2) is 0 Å². The average Bonchev–Trinajstić information content (AvgIpc) is 2.43. The summed E-state index contributed by atoms with van der Waals surface area (Å²) in [6, 6.07) is 9.82. The summed E-state index contributed by atoms with van der Waals surface area (Å²) in [6.45, 7) is 7.79. The molecule has 1 saturated heterocycles. The van der Waals surface area contributed by atoms with Crippen LogP contribution in [0.2, 0.25) is 0 Å². The van der Waals surface area contributed by atoms with Gasteiger partial charge < -0.3 is 10.2 Å². The van der Waals surface area contributed by atoms with Crippen molar-refractivity contribution in [1.29, 1.82) is 0 Å². The van der Waals surface area contributed by atoms with E-state index in [1.165, 1.54) is 43.5 Å². The van der Waals surface area contributed by atoms with Gasteiger partial charge in [0.2, 0.25) is 0 Å². The van der Waals surface area contributed by atoms with Crippen molar-refractivity contribution in [2.24, 2.45) is 0 Å². The molecular weight excluding hydrogens is 220 g/mol. The molecule has 2 nitrogen and oxygen atoms in total. The maximum absolute atomic E-state index is 3.62. The van der Waals surface area contributed by atoms with Crippen LogP contribution < -0.4 is 10.2 Å². The van der Waals surface area contributed by atoms with Crippen molar-refractivity contribution < 1.29 is 0 Å². The Morgan fingerprint density at radius 3 is 2.39 bits per heavy atom. The summed E-state index contributed by atoms with van der Waals surface area (Å²) in [5, 5.41) is 3.62. The minimum absolute atomic E-state index is 0.693. The molecule has 1 aliphatic heterocycles. The molecule has 0 radical (unpaired) electrons. The van der Waals surface area contributed by atoms with Crippen LogP contribution in [-0.4, -0.2) is 25.7 Å². The molecule has 1 aromatic rings. The first kappa shape index (κ1) is 13.4. The van der Waals surface area contributed by atoms with Crippen LogP contribution in [0, 0.1) is 0 Å². The van der Waals surface area contributed by atoms with Crippen molar-refractivity contribution >= 4 is 5.69 Å². The third-order valence-corrected chi connectivity index (χ3v) is 3.96. The third kappa shape index (κ3) is 3.49. The van der Waals surface area contributed by atoms with E-state index in [0.717, 1.165) is 13.1 Å². The molecule has 1 heterocycles.